The molecule has 0 saturated carbocycles. The van der Waals surface area contributed by atoms with E-state index in [1.807, 2.05) is 0 Å². The molecule has 0 bridgehead atoms. The van der Waals surface area contributed by atoms with Crippen LogP contribution in [0.5, 0.6) is 0 Å². The molecular formula is C116H71N5. The van der Waals surface area contributed by atoms with Crippen LogP contribution < -0.4 is 0 Å². The summed E-state index contributed by atoms with van der Waals surface area (Å²) in [6, 6.07) is 156. The molecule has 560 valence electrons. The average molecular weight is 1530 g/mol. The van der Waals surface area contributed by atoms with Crippen molar-refractivity contribution < 1.29 is 0 Å². The first-order chi connectivity index (χ1) is 60.1. The van der Waals surface area contributed by atoms with Gasteiger partial charge in [0.1, 0.15) is 0 Å². The van der Waals surface area contributed by atoms with Gasteiger partial charge in [0.05, 0.1) is 82.8 Å². The molecule has 0 aliphatic heterocycles. The van der Waals surface area contributed by atoms with Gasteiger partial charge in [-0.05, 0) is 117 Å². The molecule has 0 spiro atoms. The number of aromatic nitrogens is 5. The van der Waals surface area contributed by atoms with E-state index in [1.165, 1.54) is 245 Å². The molecule has 5 nitrogen and oxygen atoms in total. The van der Waals surface area contributed by atoms with Crippen LogP contribution in [-0.2, 0) is 0 Å². The topological polar surface area (TPSA) is 22.1 Å². The first kappa shape index (κ1) is 67.1. The Bertz CT molecular complexity index is 9230. The maximum absolute atomic E-state index is 2.46. The second kappa shape index (κ2) is 26.2. The van der Waals surface area contributed by atoms with Gasteiger partial charge in [-0.25, -0.2) is 0 Å². The molecule has 10 aromatic heterocycles. The molecule has 20 aromatic carbocycles. The zero-order chi connectivity index (χ0) is 79.1. The van der Waals surface area contributed by atoms with E-state index >= 15 is 0 Å². The van der Waals surface area contributed by atoms with Gasteiger partial charge in [0.25, 0.3) is 0 Å². The number of nitrogens with zero attached hydrogens (tertiary/aromatic N) is 5. The summed E-state index contributed by atoms with van der Waals surface area (Å²) in [6.45, 7) is 0. The van der Waals surface area contributed by atoms with E-state index in [2.05, 4.69) is 453 Å². The molecule has 0 atom stereocenters. The van der Waals surface area contributed by atoms with E-state index in [4.69, 9.17) is 0 Å². The van der Waals surface area contributed by atoms with Gasteiger partial charge < -0.3 is 22.0 Å². The van der Waals surface area contributed by atoms with Crippen molar-refractivity contribution in [2.45, 2.75) is 0 Å². The fraction of sp³-hybridized carbons (Fsp3) is 0. The monoisotopic (exact) mass is 1530 g/mol. The molecule has 0 unspecified atom stereocenters. The van der Waals surface area contributed by atoms with Crippen molar-refractivity contribution in [3.63, 3.8) is 0 Å². The first-order valence-corrected chi connectivity index (χ1v) is 41.9. The molecule has 30 rings (SSSR count). The Morgan fingerprint density at radius 2 is 0.380 bits per heavy atom. The minimum Gasteiger partial charge on any atom is -0.308 e. The van der Waals surface area contributed by atoms with Crippen molar-refractivity contribution in [2.75, 3.05) is 0 Å². The van der Waals surface area contributed by atoms with Crippen LogP contribution >= 0.6 is 0 Å². The van der Waals surface area contributed by atoms with E-state index in [0.717, 1.165) is 0 Å². The standard InChI is InChI=1S/3C24H15N.2C22H13N/c1-2-8-16(9-3-1)17-14-20-18-10-4-6-12-22(18)25-23-13-7-5-11-19(23)21(15-17)24(20)25;1-2-8-16(9-3-1)17-11-6-13-20-21-14-7-12-19-18-10-4-5-15-22(18)25(23(17)20)24(19)21;1-2-7-16(8-3-1)17-13-14-23-21(15-17)20-11-6-10-19-18-9-4-5-12-22(18)25(23)24(19)20;1-2-7-15-13-21-19(12-14(15)6-1)18-10-5-9-17-16-8-3-4-11-20(16)23(21)22(17)18;1-2-7-15-14(6-1)12-13-19-18-10-5-9-17-16-8-3-4-11-20(16)23(21(15)19)22(17)18/h3*1-15H;2*1-13H. The van der Waals surface area contributed by atoms with E-state index in [1.54, 1.807) is 0 Å². The summed E-state index contributed by atoms with van der Waals surface area (Å²) in [5.74, 6) is 0. The van der Waals surface area contributed by atoms with Crippen LogP contribution in [-0.4, -0.2) is 22.0 Å². The van der Waals surface area contributed by atoms with Crippen molar-refractivity contribution in [3.05, 3.63) is 431 Å². The van der Waals surface area contributed by atoms with Crippen LogP contribution in [0.3, 0.4) is 0 Å². The minimum absolute atomic E-state index is 1.26. The predicted molar refractivity (Wildman–Crippen MR) is 517 cm³/mol. The summed E-state index contributed by atoms with van der Waals surface area (Å²) in [5, 5.41) is 31.9. The van der Waals surface area contributed by atoms with Gasteiger partial charge in [0, 0.05) is 119 Å². The van der Waals surface area contributed by atoms with Crippen LogP contribution in [0.25, 0.3) is 245 Å². The largest absolute Gasteiger partial charge is 0.308 e. The summed E-state index contributed by atoms with van der Waals surface area (Å²) < 4.78 is 12.2. The third-order valence-corrected chi connectivity index (χ3v) is 26.2. The lowest BCUT2D eigenvalue weighted by atomic mass is 9.99. The van der Waals surface area contributed by atoms with Gasteiger partial charge in [-0.1, -0.05) is 358 Å². The van der Waals surface area contributed by atoms with Gasteiger partial charge in [0.2, 0.25) is 0 Å². The SMILES string of the molecule is c1ccc(-c2cc3c4ccccc4n4c5ccccc5c(c2)c34)cc1.c1ccc(-c2ccc3c(c2)c2cccc4c5ccccc5n3c42)cc1.c1ccc(-c2cccc3c4cccc5c6ccccc6n(c23)c54)cc1.c1ccc2c(c1)ccc1c3cccc4c5ccccc5n(c21)c43.c1ccc2cc3c(cc2c1)c1cccc2c4ccccc4n3c21. The van der Waals surface area contributed by atoms with Crippen molar-refractivity contribution in [1.82, 2.24) is 22.0 Å². The molecule has 0 aliphatic carbocycles. The molecule has 0 radical (unpaired) electrons. The molecule has 0 saturated heterocycles. The zero-order valence-electron chi connectivity index (χ0n) is 65.7. The summed E-state index contributed by atoms with van der Waals surface area (Å²) in [5.41, 5.74) is 27.3. The van der Waals surface area contributed by atoms with E-state index in [-0.39, 0.29) is 0 Å². The molecule has 0 fully saturated rings. The van der Waals surface area contributed by atoms with Crippen LogP contribution in [0.4, 0.5) is 0 Å². The van der Waals surface area contributed by atoms with Gasteiger partial charge >= 0.3 is 0 Å². The Morgan fingerprint density at radius 1 is 0.107 bits per heavy atom. The van der Waals surface area contributed by atoms with Crippen LogP contribution in [0.15, 0.2) is 431 Å². The summed E-state index contributed by atoms with van der Waals surface area (Å²) in [6.07, 6.45) is 0. The fourth-order valence-corrected chi connectivity index (χ4v) is 21.1. The Morgan fingerprint density at radius 3 is 0.851 bits per heavy atom. The maximum atomic E-state index is 2.46. The number of benzene rings is 20. The van der Waals surface area contributed by atoms with E-state index in [0.29, 0.717) is 0 Å². The highest BCUT2D eigenvalue weighted by Crippen LogP contribution is 2.48. The molecule has 10 heterocycles. The maximum Gasteiger partial charge on any atom is 0.0620 e. The van der Waals surface area contributed by atoms with Crippen LogP contribution in [0.2, 0.25) is 0 Å². The highest BCUT2D eigenvalue weighted by molar-refractivity contribution is 6.31. The second-order valence-corrected chi connectivity index (χ2v) is 32.4. The highest BCUT2D eigenvalue weighted by Gasteiger charge is 2.25. The van der Waals surface area contributed by atoms with E-state index in [9.17, 15) is 0 Å². The van der Waals surface area contributed by atoms with Crippen molar-refractivity contribution in [1.29, 1.82) is 0 Å². The molecule has 0 N–H and O–H groups in total. The molecule has 30 aromatic rings. The van der Waals surface area contributed by atoms with Crippen LogP contribution in [0, 0.1) is 0 Å². The number of rotatable bonds is 3. The normalized spacial score (nSPS) is 12.1. The number of hydrogen-bond acceptors (Lipinski definition) is 0. The second-order valence-electron chi connectivity index (χ2n) is 32.4. The average Bonchev–Trinajstić information content (AvgIpc) is 1.57. The number of hydrogen-bond donors (Lipinski definition) is 0. The lowest BCUT2D eigenvalue weighted by molar-refractivity contribution is 1.37. The van der Waals surface area contributed by atoms with Crippen molar-refractivity contribution >= 4 is 212 Å². The Kier molecular flexibility index (Phi) is 14.5. The highest BCUT2D eigenvalue weighted by atomic mass is 14.9. The number of para-hydroxylation sites is 11. The lowest BCUT2D eigenvalue weighted by Gasteiger charge is -2.06. The first-order valence-electron chi connectivity index (χ1n) is 41.9. The third kappa shape index (κ3) is 9.80. The van der Waals surface area contributed by atoms with Gasteiger partial charge in [0.15, 0.2) is 0 Å². The summed E-state index contributed by atoms with van der Waals surface area (Å²) >= 11 is 0. The molecule has 5 heteroatoms. The van der Waals surface area contributed by atoms with Gasteiger partial charge in [-0.2, -0.15) is 0 Å². The Balaban J connectivity index is 0.0000000816. The van der Waals surface area contributed by atoms with Crippen molar-refractivity contribution in [3.8, 4) is 33.4 Å². The third-order valence-electron chi connectivity index (χ3n) is 26.2. The summed E-state index contributed by atoms with van der Waals surface area (Å²) in [7, 11) is 0. The van der Waals surface area contributed by atoms with E-state index < -0.39 is 0 Å². The lowest BCUT2D eigenvalue weighted by Crippen LogP contribution is -1.85. The zero-order valence-corrected chi connectivity index (χ0v) is 65.7. The number of fused-ring (bicyclic) bond motifs is 33. The van der Waals surface area contributed by atoms with Gasteiger partial charge in [-0.15, -0.1) is 0 Å². The van der Waals surface area contributed by atoms with Gasteiger partial charge in [-0.3, -0.25) is 0 Å². The predicted octanol–water partition coefficient (Wildman–Crippen LogP) is 31.5. The van der Waals surface area contributed by atoms with Crippen molar-refractivity contribution in [2.24, 2.45) is 0 Å². The Hall–Kier alpha value is -16.1. The molecule has 121 heavy (non-hydrogen) atoms. The van der Waals surface area contributed by atoms with Crippen LogP contribution in [0.1, 0.15) is 0 Å². The molecule has 0 amide bonds. The fourth-order valence-electron chi connectivity index (χ4n) is 21.1. The minimum atomic E-state index is 1.26. The summed E-state index contributed by atoms with van der Waals surface area (Å²) in [4.78, 5) is 0. The molecule has 0 aliphatic rings. The molecular weight excluding hydrogens is 1460 g/mol. The quantitative estimate of drug-likeness (QED) is 0.168. The Labute approximate surface area is 693 Å². The smallest absolute Gasteiger partial charge is 0.0620 e.